The van der Waals surface area contributed by atoms with Crippen LogP contribution in [0.3, 0.4) is 0 Å². The van der Waals surface area contributed by atoms with Crippen LogP contribution < -0.4 is 0 Å². The second-order valence-electron chi connectivity index (χ2n) is 5.94. The van der Waals surface area contributed by atoms with Crippen LogP contribution in [0.4, 0.5) is 0 Å². The predicted octanol–water partition coefficient (Wildman–Crippen LogP) is 0.737. The minimum atomic E-state index is -0.258. The first-order valence-electron chi connectivity index (χ1n) is 8.20. The van der Waals surface area contributed by atoms with Gasteiger partial charge in [0.2, 0.25) is 0 Å². The highest BCUT2D eigenvalue weighted by Crippen LogP contribution is 2.28. The fraction of sp³-hybridized carbons (Fsp3) is 0.562. The molecule has 4 heterocycles. The van der Waals surface area contributed by atoms with Crippen molar-refractivity contribution >= 4 is 23.1 Å². The van der Waals surface area contributed by atoms with Gasteiger partial charge in [0.05, 0.1) is 38.0 Å². The smallest absolute Gasteiger partial charge is 0.337 e. The second-order valence-corrected chi connectivity index (χ2v) is 6.83. The minimum Gasteiger partial charge on any atom is -0.463 e. The quantitative estimate of drug-likeness (QED) is 0.748. The van der Waals surface area contributed by atoms with E-state index < -0.39 is 0 Å². The lowest BCUT2D eigenvalue weighted by molar-refractivity contribution is -0.138. The van der Waals surface area contributed by atoms with E-state index in [0.717, 1.165) is 49.4 Å². The summed E-state index contributed by atoms with van der Waals surface area (Å²) < 4.78 is 10.6. The van der Waals surface area contributed by atoms with Crippen molar-refractivity contribution in [2.45, 2.75) is 13.0 Å². The predicted molar refractivity (Wildman–Crippen MR) is 90.1 cm³/mol. The van der Waals surface area contributed by atoms with Gasteiger partial charge in [0, 0.05) is 36.9 Å². The van der Waals surface area contributed by atoms with Crippen LogP contribution in [0.5, 0.6) is 0 Å². The number of fused-ring (bicyclic) bond motifs is 1. The molecule has 0 bridgehead atoms. The van der Waals surface area contributed by atoms with E-state index in [9.17, 15) is 4.79 Å². The number of carbonyl (C=O) groups is 1. The fourth-order valence-electron chi connectivity index (χ4n) is 3.21. The van der Waals surface area contributed by atoms with Crippen molar-refractivity contribution < 1.29 is 14.3 Å². The molecule has 24 heavy (non-hydrogen) atoms. The maximum absolute atomic E-state index is 12.4. The molecule has 0 N–H and O–H groups in total. The Morgan fingerprint density at radius 2 is 2.33 bits per heavy atom. The van der Waals surface area contributed by atoms with E-state index in [0.29, 0.717) is 24.8 Å². The van der Waals surface area contributed by atoms with Crippen LogP contribution in [0.1, 0.15) is 11.9 Å². The molecule has 3 aliphatic rings. The fourth-order valence-corrected chi connectivity index (χ4v) is 3.86. The van der Waals surface area contributed by atoms with Gasteiger partial charge in [-0.15, -0.1) is 11.3 Å². The van der Waals surface area contributed by atoms with E-state index in [1.54, 1.807) is 17.5 Å². The largest absolute Gasteiger partial charge is 0.463 e. The normalized spacial score (nSPS) is 22.0. The summed E-state index contributed by atoms with van der Waals surface area (Å²) in [6.45, 7) is 6.56. The van der Waals surface area contributed by atoms with Gasteiger partial charge in [-0.3, -0.25) is 9.89 Å². The third-order valence-electron chi connectivity index (χ3n) is 4.56. The number of nitrogens with zero attached hydrogens (tertiary/aromatic N) is 4. The number of amidine groups is 1. The third kappa shape index (κ3) is 2.74. The highest BCUT2D eigenvalue weighted by Gasteiger charge is 2.37. The maximum Gasteiger partial charge on any atom is 0.337 e. The number of hydrogen-bond donors (Lipinski definition) is 0. The first-order chi connectivity index (χ1) is 11.8. The molecule has 0 spiro atoms. The van der Waals surface area contributed by atoms with Gasteiger partial charge in [-0.2, -0.15) is 0 Å². The average Bonchev–Trinajstić information content (AvgIpc) is 3.06. The highest BCUT2D eigenvalue weighted by molar-refractivity contribution is 7.11. The Labute approximate surface area is 144 Å². The first-order valence-corrected chi connectivity index (χ1v) is 9.08. The summed E-state index contributed by atoms with van der Waals surface area (Å²) in [5, 5.41) is 2.85. The SMILES string of the molecule is CCOC(=O)C1=C2CN(C3COC3)CCN2C(c2nccs2)=NC1. The molecule has 0 aromatic carbocycles. The van der Waals surface area contributed by atoms with E-state index in [1.165, 1.54) is 0 Å². The lowest BCUT2D eigenvalue weighted by Crippen LogP contribution is -2.57. The van der Waals surface area contributed by atoms with E-state index in [2.05, 4.69) is 19.8 Å². The van der Waals surface area contributed by atoms with Gasteiger partial charge in [0.25, 0.3) is 0 Å². The molecule has 0 unspecified atom stereocenters. The summed E-state index contributed by atoms with van der Waals surface area (Å²) in [6, 6.07) is 0.449. The lowest BCUT2D eigenvalue weighted by Gasteiger charge is -2.45. The molecular weight excluding hydrogens is 328 g/mol. The standard InChI is InChI=1S/C16H20N4O3S/c1-2-23-16(21)12-7-18-14(15-17-3-6-24-15)20-5-4-19(8-13(12)20)11-9-22-10-11/h3,6,11H,2,4-5,7-10H2,1H3. The van der Waals surface area contributed by atoms with Crippen LogP contribution in [-0.4, -0.2) is 78.6 Å². The number of esters is 1. The number of rotatable bonds is 4. The molecule has 0 amide bonds. The molecular formula is C16H20N4O3S. The van der Waals surface area contributed by atoms with E-state index in [1.807, 2.05) is 12.3 Å². The molecule has 0 radical (unpaired) electrons. The van der Waals surface area contributed by atoms with Crippen molar-refractivity contribution in [1.29, 1.82) is 0 Å². The Hall–Kier alpha value is -1.77. The number of piperazine rings is 1. The molecule has 0 aliphatic carbocycles. The molecule has 2 fully saturated rings. The van der Waals surface area contributed by atoms with Gasteiger partial charge < -0.3 is 14.4 Å². The Kier molecular flexibility index (Phi) is 4.34. The first kappa shape index (κ1) is 15.7. The van der Waals surface area contributed by atoms with Gasteiger partial charge in [-0.25, -0.2) is 9.78 Å². The van der Waals surface area contributed by atoms with Crippen LogP contribution in [0.2, 0.25) is 0 Å². The molecule has 2 saturated heterocycles. The topological polar surface area (TPSA) is 67.3 Å². The van der Waals surface area contributed by atoms with Crippen molar-refractivity contribution in [3.05, 3.63) is 27.9 Å². The number of aromatic nitrogens is 1. The summed E-state index contributed by atoms with van der Waals surface area (Å²) in [4.78, 5) is 25.9. The van der Waals surface area contributed by atoms with Crippen LogP contribution >= 0.6 is 11.3 Å². The van der Waals surface area contributed by atoms with Gasteiger partial charge in [0.1, 0.15) is 0 Å². The number of ether oxygens (including phenoxy) is 2. The zero-order valence-corrected chi connectivity index (χ0v) is 14.4. The van der Waals surface area contributed by atoms with Gasteiger partial charge >= 0.3 is 5.97 Å². The summed E-state index contributed by atoms with van der Waals surface area (Å²) in [7, 11) is 0. The molecule has 128 valence electrons. The Morgan fingerprint density at radius 1 is 1.46 bits per heavy atom. The number of hydrogen-bond acceptors (Lipinski definition) is 8. The minimum absolute atomic E-state index is 0.258. The van der Waals surface area contributed by atoms with Crippen molar-refractivity contribution in [3.8, 4) is 0 Å². The molecule has 0 atom stereocenters. The summed E-state index contributed by atoms with van der Waals surface area (Å²) in [5.74, 6) is 0.615. The third-order valence-corrected chi connectivity index (χ3v) is 5.33. The number of carbonyl (C=O) groups excluding carboxylic acids is 1. The molecule has 4 rings (SSSR count). The van der Waals surface area contributed by atoms with Gasteiger partial charge in [-0.1, -0.05) is 0 Å². The summed E-state index contributed by atoms with van der Waals surface area (Å²) in [6.07, 6.45) is 1.79. The highest BCUT2D eigenvalue weighted by atomic mass is 32.1. The second kappa shape index (κ2) is 6.62. The van der Waals surface area contributed by atoms with Crippen LogP contribution in [0, 0.1) is 0 Å². The van der Waals surface area contributed by atoms with E-state index in [4.69, 9.17) is 9.47 Å². The number of aliphatic imine (C=N–C) groups is 1. The molecule has 8 heteroatoms. The van der Waals surface area contributed by atoms with Gasteiger partial charge in [-0.05, 0) is 6.92 Å². The Balaban J connectivity index is 1.64. The Morgan fingerprint density at radius 3 is 3.00 bits per heavy atom. The van der Waals surface area contributed by atoms with E-state index >= 15 is 0 Å². The zero-order chi connectivity index (χ0) is 16.5. The molecule has 7 nitrogen and oxygen atoms in total. The molecule has 1 aromatic rings. The number of thiazole rings is 1. The average molecular weight is 348 g/mol. The van der Waals surface area contributed by atoms with Crippen molar-refractivity contribution in [1.82, 2.24) is 14.8 Å². The van der Waals surface area contributed by atoms with Crippen molar-refractivity contribution in [3.63, 3.8) is 0 Å². The monoisotopic (exact) mass is 348 g/mol. The van der Waals surface area contributed by atoms with Crippen LogP contribution in [-0.2, 0) is 14.3 Å². The summed E-state index contributed by atoms with van der Waals surface area (Å²) >= 11 is 1.57. The summed E-state index contributed by atoms with van der Waals surface area (Å²) in [5.41, 5.74) is 1.67. The van der Waals surface area contributed by atoms with Crippen LogP contribution in [0.15, 0.2) is 27.8 Å². The molecule has 1 aromatic heterocycles. The van der Waals surface area contributed by atoms with Crippen molar-refractivity contribution in [2.24, 2.45) is 4.99 Å². The van der Waals surface area contributed by atoms with E-state index in [-0.39, 0.29) is 5.97 Å². The maximum atomic E-state index is 12.4. The van der Waals surface area contributed by atoms with Crippen LogP contribution in [0.25, 0.3) is 0 Å². The Bertz CT molecular complexity index is 682. The molecule has 0 saturated carbocycles. The lowest BCUT2D eigenvalue weighted by atomic mass is 10.1. The zero-order valence-electron chi connectivity index (χ0n) is 13.6. The van der Waals surface area contributed by atoms with Crippen molar-refractivity contribution in [2.75, 3.05) is 46.0 Å². The van der Waals surface area contributed by atoms with Gasteiger partial charge in [0.15, 0.2) is 10.8 Å². The molecule has 3 aliphatic heterocycles.